The Bertz CT molecular complexity index is 1060. The molecule has 0 bridgehead atoms. The number of hydrogen-bond donors (Lipinski definition) is 2. The SMILES string of the molecule is Cc1[nH]c2c(C)ccc(Cl)c2c1CCNc1cncc2cccnc12. The van der Waals surface area contributed by atoms with Gasteiger partial charge in [-0.05, 0) is 49.6 Å². The topological polar surface area (TPSA) is 53.6 Å². The van der Waals surface area contributed by atoms with Gasteiger partial charge in [0.05, 0.1) is 27.9 Å². The predicted octanol–water partition coefficient (Wildman–Crippen LogP) is 5.04. The van der Waals surface area contributed by atoms with E-state index in [1.54, 1.807) is 6.20 Å². The molecule has 4 nitrogen and oxygen atoms in total. The Kier molecular flexibility index (Phi) is 4.06. The van der Waals surface area contributed by atoms with Gasteiger partial charge in [-0.15, -0.1) is 0 Å². The van der Waals surface area contributed by atoms with Crippen LogP contribution in [0.3, 0.4) is 0 Å². The van der Waals surface area contributed by atoms with Crippen molar-refractivity contribution < 1.29 is 0 Å². The lowest BCUT2D eigenvalue weighted by atomic mass is 10.1. The first-order valence-electron chi connectivity index (χ1n) is 8.34. The monoisotopic (exact) mass is 350 g/mol. The Balaban J connectivity index is 1.61. The molecule has 0 saturated heterocycles. The lowest BCUT2D eigenvalue weighted by Crippen LogP contribution is -2.06. The van der Waals surface area contributed by atoms with Crippen LogP contribution in [0.2, 0.25) is 5.02 Å². The zero-order chi connectivity index (χ0) is 17.4. The van der Waals surface area contributed by atoms with Crippen LogP contribution in [0.4, 0.5) is 5.69 Å². The van der Waals surface area contributed by atoms with Crippen molar-refractivity contribution in [1.29, 1.82) is 0 Å². The van der Waals surface area contributed by atoms with Crippen LogP contribution in [-0.4, -0.2) is 21.5 Å². The largest absolute Gasteiger partial charge is 0.382 e. The predicted molar refractivity (Wildman–Crippen MR) is 105 cm³/mol. The molecule has 0 saturated carbocycles. The minimum Gasteiger partial charge on any atom is -0.382 e. The average molecular weight is 351 g/mol. The third-order valence-corrected chi connectivity index (χ3v) is 4.95. The number of H-pyrrole nitrogens is 1. The van der Waals surface area contributed by atoms with Gasteiger partial charge in [-0.1, -0.05) is 17.7 Å². The highest BCUT2D eigenvalue weighted by Crippen LogP contribution is 2.31. The summed E-state index contributed by atoms with van der Waals surface area (Å²) in [7, 11) is 0. The highest BCUT2D eigenvalue weighted by Gasteiger charge is 2.13. The number of pyridine rings is 2. The van der Waals surface area contributed by atoms with Gasteiger partial charge in [-0.3, -0.25) is 9.97 Å². The number of nitrogens with zero attached hydrogens (tertiary/aromatic N) is 2. The van der Waals surface area contributed by atoms with Crippen molar-refractivity contribution in [3.05, 3.63) is 64.7 Å². The van der Waals surface area contributed by atoms with Gasteiger partial charge in [0.1, 0.15) is 0 Å². The van der Waals surface area contributed by atoms with Crippen molar-refractivity contribution in [2.24, 2.45) is 0 Å². The van der Waals surface area contributed by atoms with Crippen molar-refractivity contribution in [2.75, 3.05) is 11.9 Å². The molecular weight excluding hydrogens is 332 g/mol. The Labute approximate surface area is 151 Å². The lowest BCUT2D eigenvalue weighted by molar-refractivity contribution is 1.01. The summed E-state index contributed by atoms with van der Waals surface area (Å²) in [6.07, 6.45) is 6.34. The van der Waals surface area contributed by atoms with Gasteiger partial charge in [-0.2, -0.15) is 0 Å². The molecule has 0 aliphatic heterocycles. The molecular formula is C20H19ClN4. The van der Waals surface area contributed by atoms with E-state index in [1.807, 2.05) is 30.6 Å². The Morgan fingerprint density at radius 1 is 1.16 bits per heavy atom. The van der Waals surface area contributed by atoms with Gasteiger partial charge in [0.15, 0.2) is 0 Å². The number of halogens is 1. The Morgan fingerprint density at radius 3 is 2.92 bits per heavy atom. The fraction of sp³-hybridized carbons (Fsp3) is 0.200. The van der Waals surface area contributed by atoms with E-state index in [9.17, 15) is 0 Å². The zero-order valence-corrected chi connectivity index (χ0v) is 15.0. The number of aromatic nitrogens is 3. The molecule has 0 aliphatic rings. The van der Waals surface area contributed by atoms with Crippen molar-refractivity contribution in [3.63, 3.8) is 0 Å². The normalized spacial score (nSPS) is 11.3. The maximum Gasteiger partial charge on any atom is 0.0964 e. The first-order chi connectivity index (χ1) is 12.1. The number of aromatic amines is 1. The molecule has 5 heteroatoms. The molecule has 0 aliphatic carbocycles. The van der Waals surface area contributed by atoms with Crippen molar-refractivity contribution in [3.8, 4) is 0 Å². The van der Waals surface area contributed by atoms with Crippen LogP contribution in [0.15, 0.2) is 42.9 Å². The standard InChI is InChI=1S/C20H19ClN4/c1-12-5-6-16(21)18-15(13(2)25-19(12)18)7-9-23-17-11-22-10-14-4-3-8-24-20(14)17/h3-6,8,10-11,23,25H,7,9H2,1-2H3. The average Bonchev–Trinajstić information content (AvgIpc) is 2.96. The summed E-state index contributed by atoms with van der Waals surface area (Å²) in [6.45, 7) is 4.99. The first kappa shape index (κ1) is 15.9. The number of aryl methyl sites for hydroxylation is 2. The van der Waals surface area contributed by atoms with Gasteiger partial charge in [0, 0.05) is 35.4 Å². The molecule has 0 unspecified atom stereocenters. The van der Waals surface area contributed by atoms with Crippen LogP contribution in [0, 0.1) is 13.8 Å². The van der Waals surface area contributed by atoms with Crippen LogP contribution >= 0.6 is 11.6 Å². The van der Waals surface area contributed by atoms with E-state index in [0.29, 0.717) is 0 Å². The maximum atomic E-state index is 6.46. The molecule has 25 heavy (non-hydrogen) atoms. The summed E-state index contributed by atoms with van der Waals surface area (Å²) < 4.78 is 0. The van der Waals surface area contributed by atoms with Crippen molar-refractivity contribution in [2.45, 2.75) is 20.3 Å². The molecule has 0 fully saturated rings. The number of hydrogen-bond acceptors (Lipinski definition) is 3. The van der Waals surface area contributed by atoms with Crippen LogP contribution in [0.1, 0.15) is 16.8 Å². The number of benzene rings is 1. The number of fused-ring (bicyclic) bond motifs is 2. The molecule has 0 radical (unpaired) electrons. The highest BCUT2D eigenvalue weighted by molar-refractivity contribution is 6.35. The van der Waals surface area contributed by atoms with Crippen molar-refractivity contribution >= 4 is 39.1 Å². The van der Waals surface area contributed by atoms with Crippen LogP contribution in [0.25, 0.3) is 21.8 Å². The smallest absolute Gasteiger partial charge is 0.0964 e. The van der Waals surface area contributed by atoms with E-state index in [2.05, 4.69) is 40.2 Å². The van der Waals surface area contributed by atoms with Gasteiger partial charge in [0.25, 0.3) is 0 Å². The first-order valence-corrected chi connectivity index (χ1v) is 8.72. The fourth-order valence-electron chi connectivity index (χ4n) is 3.35. The molecule has 0 atom stereocenters. The molecule has 1 aromatic carbocycles. The second-order valence-electron chi connectivity index (χ2n) is 6.28. The van der Waals surface area contributed by atoms with E-state index < -0.39 is 0 Å². The van der Waals surface area contributed by atoms with Gasteiger partial charge in [-0.25, -0.2) is 0 Å². The van der Waals surface area contributed by atoms with E-state index in [4.69, 9.17) is 11.6 Å². The summed E-state index contributed by atoms with van der Waals surface area (Å²) >= 11 is 6.46. The Hall–Kier alpha value is -2.59. The molecule has 3 heterocycles. The highest BCUT2D eigenvalue weighted by atomic mass is 35.5. The summed E-state index contributed by atoms with van der Waals surface area (Å²) in [6, 6.07) is 7.97. The minimum absolute atomic E-state index is 0.787. The summed E-state index contributed by atoms with van der Waals surface area (Å²) in [4.78, 5) is 12.2. The van der Waals surface area contributed by atoms with E-state index in [1.165, 1.54) is 16.8 Å². The molecule has 126 valence electrons. The van der Waals surface area contributed by atoms with Crippen LogP contribution < -0.4 is 5.32 Å². The van der Waals surface area contributed by atoms with Gasteiger partial charge in [0.2, 0.25) is 0 Å². The van der Waals surface area contributed by atoms with Crippen LogP contribution in [0.5, 0.6) is 0 Å². The molecule has 0 amide bonds. The molecule has 3 aromatic heterocycles. The second kappa shape index (κ2) is 6.37. The fourth-order valence-corrected chi connectivity index (χ4v) is 3.62. The maximum absolute atomic E-state index is 6.46. The number of anilines is 1. The van der Waals surface area contributed by atoms with E-state index in [-0.39, 0.29) is 0 Å². The van der Waals surface area contributed by atoms with E-state index >= 15 is 0 Å². The minimum atomic E-state index is 0.787. The third kappa shape index (κ3) is 2.83. The van der Waals surface area contributed by atoms with Crippen molar-refractivity contribution in [1.82, 2.24) is 15.0 Å². The van der Waals surface area contributed by atoms with Crippen LogP contribution in [-0.2, 0) is 6.42 Å². The summed E-state index contributed by atoms with van der Waals surface area (Å²) in [5.41, 5.74) is 6.68. The number of nitrogens with one attached hydrogen (secondary N) is 2. The third-order valence-electron chi connectivity index (χ3n) is 4.63. The molecule has 4 aromatic rings. The van der Waals surface area contributed by atoms with E-state index in [0.717, 1.165) is 45.5 Å². The summed E-state index contributed by atoms with van der Waals surface area (Å²) in [5, 5.41) is 6.44. The molecule has 2 N–H and O–H groups in total. The second-order valence-corrected chi connectivity index (χ2v) is 6.69. The quantitative estimate of drug-likeness (QED) is 0.542. The molecule has 0 spiro atoms. The lowest BCUT2D eigenvalue weighted by Gasteiger charge is -2.09. The van der Waals surface area contributed by atoms with Gasteiger partial charge < -0.3 is 10.3 Å². The Morgan fingerprint density at radius 2 is 2.04 bits per heavy atom. The number of rotatable bonds is 4. The zero-order valence-electron chi connectivity index (χ0n) is 14.2. The summed E-state index contributed by atoms with van der Waals surface area (Å²) in [5.74, 6) is 0. The molecule has 4 rings (SSSR count). The van der Waals surface area contributed by atoms with Gasteiger partial charge >= 0.3 is 0 Å².